The van der Waals surface area contributed by atoms with Gasteiger partial charge in [0.1, 0.15) is 5.69 Å². The third-order valence-corrected chi connectivity index (χ3v) is 5.17. The van der Waals surface area contributed by atoms with Gasteiger partial charge in [-0.25, -0.2) is 13.8 Å². The first-order chi connectivity index (χ1) is 14.6. The molecule has 0 unspecified atom stereocenters. The summed E-state index contributed by atoms with van der Waals surface area (Å²) in [5, 5.41) is 7.12. The molecule has 152 valence electrons. The number of nitrogens with zero attached hydrogens (tertiary/aromatic N) is 5. The number of imidazole rings is 1. The van der Waals surface area contributed by atoms with Crippen LogP contribution in [0.5, 0.6) is 0 Å². The van der Waals surface area contributed by atoms with Crippen LogP contribution in [0.25, 0.3) is 17.0 Å². The van der Waals surface area contributed by atoms with Crippen LogP contribution >= 0.6 is 0 Å². The molecule has 7 nitrogen and oxygen atoms in total. The molecule has 0 bridgehead atoms. The van der Waals surface area contributed by atoms with Gasteiger partial charge >= 0.3 is 0 Å². The van der Waals surface area contributed by atoms with Crippen LogP contribution in [0.2, 0.25) is 0 Å². The summed E-state index contributed by atoms with van der Waals surface area (Å²) in [7, 11) is 0. The summed E-state index contributed by atoms with van der Waals surface area (Å²) in [5.74, 6) is -1.07. The van der Waals surface area contributed by atoms with Crippen molar-refractivity contribution in [3.05, 3.63) is 71.9 Å². The minimum Gasteiger partial charge on any atom is -0.347 e. The van der Waals surface area contributed by atoms with Crippen molar-refractivity contribution in [3.63, 3.8) is 0 Å². The summed E-state index contributed by atoms with van der Waals surface area (Å²) in [6.07, 6.45) is 9.07. The van der Waals surface area contributed by atoms with Crippen molar-refractivity contribution in [2.75, 3.05) is 0 Å². The molecule has 0 saturated heterocycles. The smallest absolute Gasteiger partial charge is 0.272 e. The van der Waals surface area contributed by atoms with Crippen molar-refractivity contribution in [2.45, 2.75) is 25.9 Å². The van der Waals surface area contributed by atoms with Gasteiger partial charge in [-0.05, 0) is 42.5 Å². The van der Waals surface area contributed by atoms with E-state index in [1.54, 1.807) is 29.2 Å². The van der Waals surface area contributed by atoms with Crippen LogP contribution in [-0.4, -0.2) is 30.1 Å². The number of aromatic nitrogens is 5. The molecular formula is C21H18F2N6O. The fourth-order valence-electron chi connectivity index (χ4n) is 3.41. The summed E-state index contributed by atoms with van der Waals surface area (Å²) < 4.78 is 30.2. The standard InChI is InChI=1S/C21H18F2N6O/c22-15-4-3-14(9-16(15)23)10-25-21(30)19-18-11-24-7-8-28(18)20(27-19)17-5-6-26-29(17)12-13-1-2-13/h3-9,11,13H,1-2,10,12H2,(H,25,30). The molecule has 1 aliphatic rings. The Bertz CT molecular complexity index is 1240. The number of amides is 1. The van der Waals surface area contributed by atoms with Gasteiger partial charge in [-0.2, -0.15) is 5.10 Å². The molecule has 0 aliphatic heterocycles. The van der Waals surface area contributed by atoms with Crippen LogP contribution in [0.15, 0.2) is 49.1 Å². The molecule has 5 rings (SSSR count). The van der Waals surface area contributed by atoms with Crippen molar-refractivity contribution in [2.24, 2.45) is 5.92 Å². The number of benzene rings is 1. The van der Waals surface area contributed by atoms with E-state index in [4.69, 9.17) is 0 Å². The van der Waals surface area contributed by atoms with Gasteiger partial charge in [0.15, 0.2) is 23.2 Å². The van der Waals surface area contributed by atoms with E-state index >= 15 is 0 Å². The van der Waals surface area contributed by atoms with Crippen LogP contribution in [0.1, 0.15) is 28.9 Å². The second-order valence-corrected chi connectivity index (χ2v) is 7.39. The SMILES string of the molecule is O=C(NCc1ccc(F)c(F)c1)c1nc(-c2ccnn2CC2CC2)n2ccncc12. The average Bonchev–Trinajstić information content (AvgIpc) is 3.31. The maximum atomic E-state index is 13.4. The molecule has 1 aliphatic carbocycles. The van der Waals surface area contributed by atoms with Gasteiger partial charge in [0.2, 0.25) is 0 Å². The van der Waals surface area contributed by atoms with Gasteiger partial charge in [-0.15, -0.1) is 0 Å². The van der Waals surface area contributed by atoms with Crippen molar-refractivity contribution in [1.29, 1.82) is 0 Å². The van der Waals surface area contributed by atoms with E-state index in [1.165, 1.54) is 18.9 Å². The van der Waals surface area contributed by atoms with Gasteiger partial charge < -0.3 is 5.32 Å². The highest BCUT2D eigenvalue weighted by Crippen LogP contribution is 2.32. The quantitative estimate of drug-likeness (QED) is 0.532. The first-order valence-electron chi connectivity index (χ1n) is 9.66. The Kier molecular flexibility index (Phi) is 4.50. The normalized spacial score (nSPS) is 13.7. The highest BCUT2D eigenvalue weighted by molar-refractivity contribution is 5.99. The molecule has 30 heavy (non-hydrogen) atoms. The Morgan fingerprint density at radius 2 is 2.03 bits per heavy atom. The molecule has 0 spiro atoms. The predicted molar refractivity (Wildman–Crippen MR) is 104 cm³/mol. The summed E-state index contributed by atoms with van der Waals surface area (Å²) in [6.45, 7) is 0.865. The van der Waals surface area contributed by atoms with Gasteiger partial charge in [0.25, 0.3) is 5.91 Å². The zero-order valence-corrected chi connectivity index (χ0v) is 15.9. The third-order valence-electron chi connectivity index (χ3n) is 5.17. The minimum absolute atomic E-state index is 0.0459. The Morgan fingerprint density at radius 3 is 2.83 bits per heavy atom. The number of hydrogen-bond acceptors (Lipinski definition) is 4. The molecule has 3 heterocycles. The van der Waals surface area contributed by atoms with E-state index in [1.807, 2.05) is 10.7 Å². The number of rotatable bonds is 6. The second-order valence-electron chi connectivity index (χ2n) is 7.39. The number of nitrogens with one attached hydrogen (secondary N) is 1. The lowest BCUT2D eigenvalue weighted by atomic mass is 10.2. The maximum Gasteiger partial charge on any atom is 0.272 e. The van der Waals surface area contributed by atoms with E-state index in [-0.39, 0.29) is 12.2 Å². The van der Waals surface area contributed by atoms with Crippen LogP contribution in [-0.2, 0) is 13.1 Å². The fraction of sp³-hybridized carbons (Fsp3) is 0.238. The molecule has 1 saturated carbocycles. The molecule has 1 amide bonds. The van der Waals surface area contributed by atoms with Gasteiger partial charge in [0, 0.05) is 31.7 Å². The summed E-state index contributed by atoms with van der Waals surface area (Å²) in [6, 6.07) is 5.39. The van der Waals surface area contributed by atoms with Gasteiger partial charge in [-0.1, -0.05) is 6.07 Å². The minimum atomic E-state index is -0.954. The zero-order chi connectivity index (χ0) is 20.7. The van der Waals surface area contributed by atoms with Gasteiger partial charge in [0.05, 0.1) is 11.7 Å². The zero-order valence-electron chi connectivity index (χ0n) is 15.9. The highest BCUT2D eigenvalue weighted by Gasteiger charge is 2.25. The summed E-state index contributed by atoms with van der Waals surface area (Å²) in [4.78, 5) is 21.5. The Balaban J connectivity index is 1.45. The van der Waals surface area contributed by atoms with Crippen molar-refractivity contribution < 1.29 is 13.6 Å². The number of halogens is 2. The number of fused-ring (bicyclic) bond motifs is 1. The lowest BCUT2D eigenvalue weighted by Gasteiger charge is -2.05. The molecule has 1 fully saturated rings. The first-order valence-corrected chi connectivity index (χ1v) is 9.66. The molecule has 4 aromatic rings. The molecule has 1 aromatic carbocycles. The summed E-state index contributed by atoms with van der Waals surface area (Å²) in [5.41, 5.74) is 2.03. The van der Waals surface area contributed by atoms with E-state index in [2.05, 4.69) is 20.4 Å². The summed E-state index contributed by atoms with van der Waals surface area (Å²) >= 11 is 0. The second kappa shape index (κ2) is 7.33. The lowest BCUT2D eigenvalue weighted by molar-refractivity contribution is 0.0948. The lowest BCUT2D eigenvalue weighted by Crippen LogP contribution is -2.23. The van der Waals surface area contributed by atoms with E-state index in [9.17, 15) is 13.6 Å². The molecule has 1 N–H and O–H groups in total. The van der Waals surface area contributed by atoms with Crippen LogP contribution < -0.4 is 5.32 Å². The van der Waals surface area contributed by atoms with Crippen molar-refractivity contribution in [3.8, 4) is 11.5 Å². The Labute approximate surface area is 170 Å². The first kappa shape index (κ1) is 18.4. The highest BCUT2D eigenvalue weighted by atomic mass is 19.2. The van der Waals surface area contributed by atoms with Crippen LogP contribution in [0.4, 0.5) is 8.78 Å². The van der Waals surface area contributed by atoms with E-state index < -0.39 is 17.5 Å². The topological polar surface area (TPSA) is 77.1 Å². The van der Waals surface area contributed by atoms with Crippen molar-refractivity contribution >= 4 is 11.4 Å². The number of hydrogen-bond donors (Lipinski definition) is 1. The largest absolute Gasteiger partial charge is 0.347 e. The average molecular weight is 408 g/mol. The fourth-order valence-corrected chi connectivity index (χ4v) is 3.41. The van der Waals surface area contributed by atoms with E-state index in [0.29, 0.717) is 22.8 Å². The maximum absolute atomic E-state index is 13.4. The number of carbonyl (C=O) groups is 1. The van der Waals surface area contributed by atoms with Crippen LogP contribution in [0, 0.1) is 17.6 Å². The molecule has 3 aromatic heterocycles. The Morgan fingerprint density at radius 1 is 1.17 bits per heavy atom. The molecule has 9 heteroatoms. The molecule has 0 atom stereocenters. The predicted octanol–water partition coefficient (Wildman–Crippen LogP) is 3.21. The number of carbonyl (C=O) groups excluding carboxylic acids is 1. The monoisotopic (exact) mass is 408 g/mol. The van der Waals surface area contributed by atoms with Crippen molar-refractivity contribution in [1.82, 2.24) is 29.5 Å². The third kappa shape index (κ3) is 3.42. The molecule has 0 radical (unpaired) electrons. The molecular weight excluding hydrogens is 390 g/mol. The van der Waals surface area contributed by atoms with E-state index in [0.717, 1.165) is 24.4 Å². The Hall–Kier alpha value is -3.62. The van der Waals surface area contributed by atoms with Crippen LogP contribution in [0.3, 0.4) is 0 Å². The van der Waals surface area contributed by atoms with Gasteiger partial charge in [-0.3, -0.25) is 18.9 Å².